The molecule has 0 spiro atoms. The lowest BCUT2D eigenvalue weighted by atomic mass is 10.2. The second-order valence-electron chi connectivity index (χ2n) is 6.12. The minimum absolute atomic E-state index is 0.0493. The summed E-state index contributed by atoms with van der Waals surface area (Å²) in [6, 6.07) is 10.7. The SMILES string of the molecule is COc1ccc(/C=N/N=C2\NC(=O)C(CC(=O)Nc3ccc(F)cc3)S2)cc1OC. The lowest BCUT2D eigenvalue weighted by molar-refractivity contribution is -0.122. The number of hydrogen-bond donors (Lipinski definition) is 2. The van der Waals surface area contributed by atoms with Crippen molar-refractivity contribution in [2.45, 2.75) is 11.7 Å². The Kier molecular flexibility index (Phi) is 7.02. The van der Waals surface area contributed by atoms with Crippen LogP contribution in [0.15, 0.2) is 52.7 Å². The highest BCUT2D eigenvalue weighted by Gasteiger charge is 2.32. The average Bonchev–Trinajstić information content (AvgIpc) is 3.08. The van der Waals surface area contributed by atoms with E-state index >= 15 is 0 Å². The Morgan fingerprint density at radius 3 is 2.63 bits per heavy atom. The molecule has 1 aliphatic heterocycles. The molecule has 8 nitrogen and oxygen atoms in total. The van der Waals surface area contributed by atoms with Crippen LogP contribution in [0.4, 0.5) is 10.1 Å². The van der Waals surface area contributed by atoms with Crippen LogP contribution >= 0.6 is 11.8 Å². The molecule has 1 saturated heterocycles. The van der Waals surface area contributed by atoms with Crippen LogP contribution in [-0.4, -0.2) is 42.7 Å². The van der Waals surface area contributed by atoms with Gasteiger partial charge in [0.25, 0.3) is 0 Å². The van der Waals surface area contributed by atoms with Gasteiger partial charge in [0.2, 0.25) is 11.8 Å². The molecule has 30 heavy (non-hydrogen) atoms. The molecule has 3 rings (SSSR count). The summed E-state index contributed by atoms with van der Waals surface area (Å²) in [4.78, 5) is 24.2. The Labute approximate surface area is 176 Å². The zero-order chi connectivity index (χ0) is 21.5. The summed E-state index contributed by atoms with van der Waals surface area (Å²) < 4.78 is 23.3. The number of carbonyl (C=O) groups is 2. The molecule has 2 N–H and O–H groups in total. The second kappa shape index (κ2) is 9.88. The molecule has 2 amide bonds. The van der Waals surface area contributed by atoms with Crippen molar-refractivity contribution in [1.29, 1.82) is 0 Å². The summed E-state index contributed by atoms with van der Waals surface area (Å²) in [5.74, 6) is 0.0816. The van der Waals surface area contributed by atoms with Gasteiger partial charge in [0, 0.05) is 12.1 Å². The van der Waals surface area contributed by atoms with Crippen LogP contribution in [0.5, 0.6) is 11.5 Å². The summed E-state index contributed by atoms with van der Waals surface area (Å²) in [6.45, 7) is 0. The smallest absolute Gasteiger partial charge is 0.240 e. The van der Waals surface area contributed by atoms with Crippen LogP contribution in [0.25, 0.3) is 0 Å². The fraction of sp³-hybridized carbons (Fsp3) is 0.200. The highest BCUT2D eigenvalue weighted by molar-refractivity contribution is 8.15. The van der Waals surface area contributed by atoms with Crippen LogP contribution in [0.1, 0.15) is 12.0 Å². The van der Waals surface area contributed by atoms with Gasteiger partial charge >= 0.3 is 0 Å². The Morgan fingerprint density at radius 2 is 1.93 bits per heavy atom. The van der Waals surface area contributed by atoms with Gasteiger partial charge in [-0.25, -0.2) is 4.39 Å². The number of nitrogens with one attached hydrogen (secondary N) is 2. The Hall–Kier alpha value is -3.40. The molecular formula is C20H19FN4O4S. The van der Waals surface area contributed by atoms with Gasteiger partial charge in [-0.2, -0.15) is 5.10 Å². The van der Waals surface area contributed by atoms with E-state index in [9.17, 15) is 14.0 Å². The van der Waals surface area contributed by atoms with Gasteiger partial charge in [-0.15, -0.1) is 5.10 Å². The summed E-state index contributed by atoms with van der Waals surface area (Å²) in [5, 5.41) is 12.9. The zero-order valence-electron chi connectivity index (χ0n) is 16.2. The summed E-state index contributed by atoms with van der Waals surface area (Å²) in [7, 11) is 3.09. The lowest BCUT2D eigenvalue weighted by Crippen LogP contribution is -2.28. The zero-order valence-corrected chi connectivity index (χ0v) is 17.0. The third-order valence-corrected chi connectivity index (χ3v) is 5.11. The van der Waals surface area contributed by atoms with E-state index in [1.807, 2.05) is 0 Å². The van der Waals surface area contributed by atoms with Crippen molar-refractivity contribution < 1.29 is 23.5 Å². The molecule has 1 aliphatic rings. The van der Waals surface area contributed by atoms with E-state index in [2.05, 4.69) is 20.8 Å². The summed E-state index contributed by atoms with van der Waals surface area (Å²) in [6.07, 6.45) is 1.46. The first-order valence-electron chi connectivity index (χ1n) is 8.84. The minimum Gasteiger partial charge on any atom is -0.493 e. The van der Waals surface area contributed by atoms with E-state index in [0.717, 1.165) is 17.3 Å². The molecule has 0 aromatic heterocycles. The number of thioether (sulfide) groups is 1. The Morgan fingerprint density at radius 1 is 1.20 bits per heavy atom. The van der Waals surface area contributed by atoms with Crippen LogP contribution in [0.2, 0.25) is 0 Å². The maximum Gasteiger partial charge on any atom is 0.240 e. The topological polar surface area (TPSA) is 101 Å². The van der Waals surface area contributed by atoms with E-state index < -0.39 is 11.1 Å². The average molecular weight is 430 g/mol. The van der Waals surface area contributed by atoms with E-state index in [4.69, 9.17) is 9.47 Å². The van der Waals surface area contributed by atoms with Gasteiger partial charge < -0.3 is 20.1 Å². The monoisotopic (exact) mass is 430 g/mol. The molecule has 0 aliphatic carbocycles. The van der Waals surface area contributed by atoms with Crippen LogP contribution < -0.4 is 20.1 Å². The van der Waals surface area contributed by atoms with Crippen molar-refractivity contribution >= 4 is 40.6 Å². The standard InChI is InChI=1S/C20H19FN4O4S/c1-28-15-8-3-12(9-16(15)29-2)11-22-25-20-24-19(27)17(30-20)10-18(26)23-14-6-4-13(21)5-7-14/h3-9,11,17H,10H2,1-2H3,(H,23,26)(H,24,25,27)/b22-11+. The molecule has 0 saturated carbocycles. The molecule has 2 aromatic carbocycles. The van der Waals surface area contributed by atoms with Crippen molar-refractivity contribution in [2.24, 2.45) is 10.2 Å². The molecule has 10 heteroatoms. The molecule has 0 radical (unpaired) electrons. The van der Waals surface area contributed by atoms with Gasteiger partial charge in [0.05, 0.1) is 20.4 Å². The van der Waals surface area contributed by atoms with E-state index in [1.165, 1.54) is 37.6 Å². The fourth-order valence-corrected chi connectivity index (χ4v) is 3.51. The van der Waals surface area contributed by atoms with Crippen LogP contribution in [-0.2, 0) is 9.59 Å². The first-order valence-corrected chi connectivity index (χ1v) is 9.72. The molecule has 0 bridgehead atoms. The number of amidine groups is 1. The second-order valence-corrected chi connectivity index (χ2v) is 7.31. The summed E-state index contributed by atoms with van der Waals surface area (Å²) in [5.41, 5.74) is 1.19. The Bertz CT molecular complexity index is 995. The number of nitrogens with zero attached hydrogens (tertiary/aromatic N) is 2. The first kappa shape index (κ1) is 21.3. The quantitative estimate of drug-likeness (QED) is 0.520. The van der Waals surface area contributed by atoms with Gasteiger partial charge in [-0.1, -0.05) is 11.8 Å². The predicted molar refractivity (Wildman–Crippen MR) is 114 cm³/mol. The number of anilines is 1. The molecule has 1 atom stereocenters. The third-order valence-electron chi connectivity index (χ3n) is 4.04. The maximum absolute atomic E-state index is 12.9. The van der Waals surface area contributed by atoms with Gasteiger partial charge in [-0.05, 0) is 48.0 Å². The number of amides is 2. The van der Waals surface area contributed by atoms with Crippen molar-refractivity contribution in [3.05, 3.63) is 53.8 Å². The van der Waals surface area contributed by atoms with E-state index in [1.54, 1.807) is 25.3 Å². The first-order chi connectivity index (χ1) is 14.5. The lowest BCUT2D eigenvalue weighted by Gasteiger charge is -2.07. The number of carbonyl (C=O) groups excluding carboxylic acids is 2. The van der Waals surface area contributed by atoms with Crippen molar-refractivity contribution in [2.75, 3.05) is 19.5 Å². The molecule has 1 fully saturated rings. The minimum atomic E-state index is -0.625. The van der Waals surface area contributed by atoms with Crippen molar-refractivity contribution in [3.63, 3.8) is 0 Å². The van der Waals surface area contributed by atoms with Gasteiger partial charge in [-0.3, -0.25) is 9.59 Å². The normalized spacial score (nSPS) is 17.2. The maximum atomic E-state index is 12.9. The largest absolute Gasteiger partial charge is 0.493 e. The molecular weight excluding hydrogens is 411 g/mol. The number of benzene rings is 2. The van der Waals surface area contributed by atoms with Gasteiger partial charge in [0.15, 0.2) is 16.7 Å². The highest BCUT2D eigenvalue weighted by atomic mass is 32.2. The number of hydrogen-bond acceptors (Lipinski definition) is 7. The number of rotatable bonds is 7. The van der Waals surface area contributed by atoms with E-state index in [-0.39, 0.29) is 18.2 Å². The van der Waals surface area contributed by atoms with Crippen molar-refractivity contribution in [1.82, 2.24) is 5.32 Å². The molecule has 2 aromatic rings. The summed E-state index contributed by atoms with van der Waals surface area (Å²) >= 11 is 1.12. The van der Waals surface area contributed by atoms with E-state index in [0.29, 0.717) is 22.4 Å². The fourth-order valence-electron chi connectivity index (χ4n) is 2.58. The molecule has 156 valence electrons. The number of methoxy groups -OCH3 is 2. The molecule has 1 unspecified atom stereocenters. The van der Waals surface area contributed by atoms with Crippen LogP contribution in [0, 0.1) is 5.82 Å². The number of halogens is 1. The predicted octanol–water partition coefficient (Wildman–Crippen LogP) is 2.79. The molecule has 1 heterocycles. The number of ether oxygens (including phenoxy) is 2. The van der Waals surface area contributed by atoms with Crippen LogP contribution in [0.3, 0.4) is 0 Å². The highest BCUT2D eigenvalue weighted by Crippen LogP contribution is 2.27. The van der Waals surface area contributed by atoms with Crippen molar-refractivity contribution in [3.8, 4) is 11.5 Å². The third kappa shape index (κ3) is 5.57. The Balaban J connectivity index is 1.57. The van der Waals surface area contributed by atoms with Gasteiger partial charge in [0.1, 0.15) is 11.1 Å².